The fourth-order valence-electron chi connectivity index (χ4n) is 5.25. The number of aliphatic imine (C=N–C) groups is 2. The molecule has 2 amide bonds. The summed E-state index contributed by atoms with van der Waals surface area (Å²) in [6, 6.07) is 17.4. The van der Waals surface area contributed by atoms with Gasteiger partial charge in [0.25, 0.3) is 5.91 Å². The van der Waals surface area contributed by atoms with Crippen molar-refractivity contribution in [2.45, 2.75) is 24.9 Å². The number of para-hydroxylation sites is 2. The number of nitrogens with two attached hydrogens (primary N) is 4. The molecule has 2 heterocycles. The highest BCUT2D eigenvalue weighted by Gasteiger charge is 2.29. The van der Waals surface area contributed by atoms with Crippen LogP contribution in [0.2, 0.25) is 0 Å². The smallest absolute Gasteiger partial charge is 0.328 e. The summed E-state index contributed by atoms with van der Waals surface area (Å²) in [5.41, 5.74) is 26.1. The number of rotatable bonds is 11. The molecular weight excluding hydrogens is 588 g/mol. The molecule has 12 N–H and O–H groups in total. The van der Waals surface area contributed by atoms with Crippen LogP contribution < -0.4 is 33.6 Å². The van der Waals surface area contributed by atoms with E-state index in [1.54, 1.807) is 12.4 Å². The second-order valence-electron chi connectivity index (χ2n) is 10.5. The van der Waals surface area contributed by atoms with Crippen LogP contribution in [0.1, 0.15) is 21.5 Å². The number of benzene rings is 3. The Bertz CT molecular complexity index is 1930. The first-order valence-corrected chi connectivity index (χ1v) is 14.2. The molecule has 0 unspecified atom stereocenters. The number of fused-ring (bicyclic) bond motifs is 2. The summed E-state index contributed by atoms with van der Waals surface area (Å²) in [7, 11) is 1.25. The van der Waals surface area contributed by atoms with Gasteiger partial charge in [-0.1, -0.05) is 36.4 Å². The van der Waals surface area contributed by atoms with Crippen molar-refractivity contribution >= 4 is 62.9 Å². The number of hydrogen-bond donors (Lipinski definition) is 8. The minimum absolute atomic E-state index is 0.0857. The van der Waals surface area contributed by atoms with Gasteiger partial charge in [-0.2, -0.15) is 0 Å². The van der Waals surface area contributed by atoms with Crippen LogP contribution in [-0.2, 0) is 27.2 Å². The quantitative estimate of drug-likeness (QED) is 0.0610. The van der Waals surface area contributed by atoms with Gasteiger partial charge in [0.05, 0.1) is 18.5 Å². The topological polar surface area (TPSA) is 245 Å². The number of methoxy groups -OCH3 is 1. The molecule has 46 heavy (non-hydrogen) atoms. The number of amides is 2. The number of hydrogen-bond acceptors (Lipinski definition) is 6. The van der Waals surface area contributed by atoms with Crippen LogP contribution in [0.15, 0.2) is 89.1 Å². The normalized spacial score (nSPS) is 12.2. The molecule has 0 radical (unpaired) electrons. The fourth-order valence-corrected chi connectivity index (χ4v) is 5.25. The number of esters is 1. The first-order chi connectivity index (χ1) is 22.1. The van der Waals surface area contributed by atoms with Crippen LogP contribution >= 0.6 is 0 Å². The van der Waals surface area contributed by atoms with Crippen LogP contribution in [0.25, 0.3) is 21.8 Å². The summed E-state index contributed by atoms with van der Waals surface area (Å²) in [6.07, 6.45) is 3.81. The summed E-state index contributed by atoms with van der Waals surface area (Å²) < 4.78 is 5.04. The number of guanidine groups is 2. The minimum atomic E-state index is -1.12. The second-order valence-corrected chi connectivity index (χ2v) is 10.5. The van der Waals surface area contributed by atoms with Gasteiger partial charge >= 0.3 is 5.97 Å². The maximum atomic E-state index is 14.0. The highest BCUT2D eigenvalue weighted by Crippen LogP contribution is 2.25. The zero-order valence-electron chi connectivity index (χ0n) is 24.9. The lowest BCUT2D eigenvalue weighted by Gasteiger charge is -2.22. The van der Waals surface area contributed by atoms with Crippen molar-refractivity contribution in [3.05, 3.63) is 95.8 Å². The van der Waals surface area contributed by atoms with Crippen molar-refractivity contribution in [3.8, 4) is 0 Å². The molecule has 0 aliphatic carbocycles. The first-order valence-electron chi connectivity index (χ1n) is 14.2. The zero-order chi connectivity index (χ0) is 32.8. The van der Waals surface area contributed by atoms with Gasteiger partial charge in [0.1, 0.15) is 12.1 Å². The van der Waals surface area contributed by atoms with Gasteiger partial charge in [-0.25, -0.2) is 14.8 Å². The van der Waals surface area contributed by atoms with Gasteiger partial charge in [0.15, 0.2) is 11.9 Å². The molecule has 14 nitrogen and oxygen atoms in total. The van der Waals surface area contributed by atoms with E-state index in [1.165, 1.54) is 25.3 Å². The SMILES string of the molecule is COC(=O)[C@H](Cc1c[nH]c2ccccc12)NC(=O)[C@@H](Cc1c[nH]c2ccccc12)NC(=O)c1cc(N=C(N)N)cc(N=C(N)N)c1. The zero-order valence-corrected chi connectivity index (χ0v) is 24.9. The summed E-state index contributed by atoms with van der Waals surface area (Å²) in [5.74, 6) is -2.35. The molecule has 5 rings (SSSR count). The standard InChI is InChI=1S/C32H34N10O4/c1-46-30(45)27(13-19-16-38-25-9-5-3-7-23(19)25)42-29(44)26(12-18-15-37-24-8-4-2-6-22(18)24)41-28(43)17-10-20(39-31(33)34)14-21(11-17)40-32(35)36/h2-11,14-16,26-27,37-38H,12-13H2,1H3,(H,41,43)(H,42,44)(H4,33,34,39)(H4,35,36,40)/t26-,27+/m1/s1. The Morgan fingerprint density at radius 1 is 0.739 bits per heavy atom. The molecule has 0 fully saturated rings. The first kappa shape index (κ1) is 31.1. The number of aromatic amines is 2. The van der Waals surface area contributed by atoms with E-state index in [-0.39, 0.29) is 41.7 Å². The van der Waals surface area contributed by atoms with Crippen LogP contribution in [0.4, 0.5) is 11.4 Å². The summed E-state index contributed by atoms with van der Waals surface area (Å²) in [4.78, 5) is 54.9. The predicted molar refractivity (Wildman–Crippen MR) is 177 cm³/mol. The molecule has 2 aromatic heterocycles. The summed E-state index contributed by atoms with van der Waals surface area (Å²) >= 11 is 0. The number of nitrogens with one attached hydrogen (secondary N) is 4. The Labute approximate surface area is 263 Å². The Kier molecular flexibility index (Phi) is 9.17. The monoisotopic (exact) mass is 622 g/mol. The lowest BCUT2D eigenvalue weighted by atomic mass is 10.0. The molecule has 0 spiro atoms. The van der Waals surface area contributed by atoms with Crippen LogP contribution in [0.3, 0.4) is 0 Å². The van der Waals surface area contributed by atoms with E-state index in [2.05, 4.69) is 30.6 Å². The fraction of sp³-hybridized carbons (Fsp3) is 0.156. The van der Waals surface area contributed by atoms with Crippen molar-refractivity contribution in [1.29, 1.82) is 0 Å². The molecule has 5 aromatic rings. The number of carbonyl (C=O) groups excluding carboxylic acids is 3. The third-order valence-corrected chi connectivity index (χ3v) is 7.30. The number of H-pyrrole nitrogens is 2. The van der Waals surface area contributed by atoms with Crippen molar-refractivity contribution in [2.75, 3.05) is 7.11 Å². The lowest BCUT2D eigenvalue weighted by Crippen LogP contribution is -2.53. The largest absolute Gasteiger partial charge is 0.467 e. The molecular formula is C32H34N10O4. The Balaban J connectivity index is 1.47. The van der Waals surface area contributed by atoms with Gasteiger partial charge in [-0.15, -0.1) is 0 Å². The third kappa shape index (κ3) is 7.24. The van der Waals surface area contributed by atoms with Gasteiger partial charge < -0.3 is 48.3 Å². The molecule has 2 atom stereocenters. The lowest BCUT2D eigenvalue weighted by molar-refractivity contribution is -0.145. The predicted octanol–water partition coefficient (Wildman–Crippen LogP) is 1.70. The third-order valence-electron chi connectivity index (χ3n) is 7.30. The Morgan fingerprint density at radius 2 is 1.24 bits per heavy atom. The summed E-state index contributed by atoms with van der Waals surface area (Å²) in [6.45, 7) is 0. The molecule has 3 aromatic carbocycles. The molecule has 236 valence electrons. The molecule has 0 saturated carbocycles. The van der Waals surface area contributed by atoms with E-state index in [9.17, 15) is 14.4 Å². The number of carbonyl (C=O) groups is 3. The molecule has 0 aliphatic rings. The molecule has 14 heteroatoms. The van der Waals surface area contributed by atoms with Gasteiger partial charge in [-0.05, 0) is 41.5 Å². The maximum absolute atomic E-state index is 14.0. The van der Waals surface area contributed by atoms with E-state index in [1.807, 2.05) is 48.5 Å². The molecule has 0 aliphatic heterocycles. The van der Waals surface area contributed by atoms with E-state index >= 15 is 0 Å². The number of nitrogens with zero attached hydrogens (tertiary/aromatic N) is 2. The van der Waals surface area contributed by atoms with Crippen molar-refractivity contribution in [2.24, 2.45) is 32.9 Å². The second kappa shape index (κ2) is 13.5. The highest BCUT2D eigenvalue weighted by molar-refractivity contribution is 6.00. The number of aromatic nitrogens is 2. The van der Waals surface area contributed by atoms with Gasteiger partial charge in [0, 0.05) is 52.6 Å². The van der Waals surface area contributed by atoms with E-state index in [0.29, 0.717) is 0 Å². The van der Waals surface area contributed by atoms with E-state index in [0.717, 1.165) is 32.9 Å². The molecule has 0 saturated heterocycles. The maximum Gasteiger partial charge on any atom is 0.328 e. The van der Waals surface area contributed by atoms with E-state index in [4.69, 9.17) is 27.7 Å². The molecule has 0 bridgehead atoms. The number of ether oxygens (including phenoxy) is 1. The van der Waals surface area contributed by atoms with Crippen LogP contribution in [0.5, 0.6) is 0 Å². The van der Waals surface area contributed by atoms with Crippen molar-refractivity contribution in [1.82, 2.24) is 20.6 Å². The van der Waals surface area contributed by atoms with Crippen molar-refractivity contribution < 1.29 is 19.1 Å². The highest BCUT2D eigenvalue weighted by atomic mass is 16.5. The van der Waals surface area contributed by atoms with Gasteiger partial charge in [-0.3, -0.25) is 9.59 Å². The minimum Gasteiger partial charge on any atom is -0.467 e. The average molecular weight is 623 g/mol. The van der Waals surface area contributed by atoms with Crippen LogP contribution in [0, 0.1) is 0 Å². The average Bonchev–Trinajstić information content (AvgIpc) is 3.63. The summed E-state index contributed by atoms with van der Waals surface area (Å²) in [5, 5.41) is 7.39. The van der Waals surface area contributed by atoms with Crippen molar-refractivity contribution in [3.63, 3.8) is 0 Å². The Morgan fingerprint density at radius 3 is 1.74 bits per heavy atom. The Hall–Kier alpha value is -6.31. The van der Waals surface area contributed by atoms with Gasteiger partial charge in [0.2, 0.25) is 5.91 Å². The van der Waals surface area contributed by atoms with Crippen LogP contribution in [-0.4, -0.2) is 58.9 Å². The van der Waals surface area contributed by atoms with E-state index < -0.39 is 29.9 Å².